The lowest BCUT2D eigenvalue weighted by atomic mass is 10.1. The van der Waals surface area contributed by atoms with Gasteiger partial charge in [0.2, 0.25) is 0 Å². The van der Waals surface area contributed by atoms with E-state index in [1.165, 1.54) is 0 Å². The summed E-state index contributed by atoms with van der Waals surface area (Å²) in [5.74, 6) is 0. The Morgan fingerprint density at radius 2 is 1.39 bits per heavy atom. The molecule has 0 amide bonds. The van der Waals surface area contributed by atoms with Gasteiger partial charge in [0.05, 0.1) is 6.04 Å². The maximum Gasteiger partial charge on any atom is 0.0636 e. The molecule has 1 atom stereocenters. The van der Waals surface area contributed by atoms with Crippen molar-refractivity contribution in [3.8, 4) is 0 Å². The van der Waals surface area contributed by atoms with Crippen LogP contribution >= 0.6 is 23.2 Å². The van der Waals surface area contributed by atoms with E-state index in [4.69, 9.17) is 28.9 Å². The average molecular weight is 281 g/mol. The molecule has 18 heavy (non-hydrogen) atoms. The predicted octanol–water partition coefficient (Wildman–Crippen LogP) is 4.11. The van der Waals surface area contributed by atoms with Crippen molar-refractivity contribution in [2.24, 2.45) is 5.73 Å². The molecule has 0 radical (unpaired) electrons. The van der Waals surface area contributed by atoms with Crippen LogP contribution in [0.4, 0.5) is 5.69 Å². The Balaban J connectivity index is 2.14. The van der Waals surface area contributed by atoms with Crippen LogP contribution in [0.25, 0.3) is 0 Å². The molecule has 0 fully saturated rings. The fourth-order valence-corrected chi connectivity index (χ4v) is 1.97. The monoisotopic (exact) mass is 280 g/mol. The molecule has 0 saturated carbocycles. The lowest BCUT2D eigenvalue weighted by Crippen LogP contribution is -2.20. The van der Waals surface area contributed by atoms with Gasteiger partial charge in [-0.2, -0.15) is 0 Å². The van der Waals surface area contributed by atoms with Gasteiger partial charge in [0.25, 0.3) is 0 Å². The van der Waals surface area contributed by atoms with Gasteiger partial charge in [-0.1, -0.05) is 35.3 Å². The summed E-state index contributed by atoms with van der Waals surface area (Å²) in [6.07, 6.45) is 0. The average Bonchev–Trinajstić information content (AvgIpc) is 2.39. The van der Waals surface area contributed by atoms with Gasteiger partial charge in [-0.25, -0.2) is 0 Å². The summed E-state index contributed by atoms with van der Waals surface area (Å²) in [6.45, 7) is 0.504. The molecule has 0 heterocycles. The zero-order chi connectivity index (χ0) is 13.0. The number of nitrogens with one attached hydrogen (secondary N) is 1. The number of halogens is 2. The molecule has 0 spiro atoms. The van der Waals surface area contributed by atoms with E-state index in [0.717, 1.165) is 21.3 Å². The van der Waals surface area contributed by atoms with Crippen molar-refractivity contribution in [2.45, 2.75) is 6.04 Å². The summed E-state index contributed by atoms with van der Waals surface area (Å²) in [6, 6.07) is 15.3. The summed E-state index contributed by atoms with van der Waals surface area (Å²) >= 11 is 11.7. The highest BCUT2D eigenvalue weighted by Crippen LogP contribution is 2.21. The molecule has 94 valence electrons. The zero-order valence-corrected chi connectivity index (χ0v) is 11.2. The van der Waals surface area contributed by atoms with E-state index in [1.54, 1.807) is 0 Å². The van der Waals surface area contributed by atoms with Gasteiger partial charge < -0.3 is 11.1 Å². The van der Waals surface area contributed by atoms with E-state index < -0.39 is 0 Å². The molecule has 2 aromatic carbocycles. The highest BCUT2D eigenvalue weighted by atomic mass is 35.5. The molecule has 0 aliphatic heterocycles. The van der Waals surface area contributed by atoms with Crippen molar-refractivity contribution in [1.82, 2.24) is 0 Å². The van der Waals surface area contributed by atoms with Crippen LogP contribution in [0, 0.1) is 0 Å². The van der Waals surface area contributed by atoms with E-state index in [9.17, 15) is 0 Å². The minimum Gasteiger partial charge on any atom is -0.377 e. The largest absolute Gasteiger partial charge is 0.377 e. The fraction of sp³-hybridized carbons (Fsp3) is 0.143. The number of hydrogen-bond donors (Lipinski definition) is 2. The second-order valence-corrected chi connectivity index (χ2v) is 4.86. The summed E-state index contributed by atoms with van der Waals surface area (Å²) in [7, 11) is 0. The Kier molecular flexibility index (Phi) is 4.48. The number of anilines is 1. The smallest absolute Gasteiger partial charge is 0.0636 e. The molecule has 0 aromatic heterocycles. The van der Waals surface area contributed by atoms with Gasteiger partial charge in [0, 0.05) is 22.3 Å². The van der Waals surface area contributed by atoms with Crippen molar-refractivity contribution in [1.29, 1.82) is 0 Å². The molecule has 2 aromatic rings. The molecule has 3 N–H and O–H groups in total. The Morgan fingerprint density at radius 1 is 0.889 bits per heavy atom. The highest BCUT2D eigenvalue weighted by molar-refractivity contribution is 6.30. The van der Waals surface area contributed by atoms with Crippen LogP contribution in [0.15, 0.2) is 48.5 Å². The Labute approximate surface area is 117 Å². The van der Waals surface area contributed by atoms with Crippen molar-refractivity contribution in [3.63, 3.8) is 0 Å². The van der Waals surface area contributed by atoms with Gasteiger partial charge in [-0.3, -0.25) is 0 Å². The molecule has 2 nitrogen and oxygen atoms in total. The van der Waals surface area contributed by atoms with Gasteiger partial charge in [0.15, 0.2) is 0 Å². The minimum absolute atomic E-state index is 0.0587. The van der Waals surface area contributed by atoms with Crippen LogP contribution in [-0.4, -0.2) is 6.54 Å². The van der Waals surface area contributed by atoms with Crippen LogP contribution in [0.1, 0.15) is 11.6 Å². The number of benzene rings is 2. The summed E-state index contributed by atoms with van der Waals surface area (Å²) in [4.78, 5) is 0. The maximum atomic E-state index is 5.87. The normalized spacial score (nSPS) is 12.2. The first-order valence-electron chi connectivity index (χ1n) is 5.66. The zero-order valence-electron chi connectivity index (χ0n) is 9.74. The summed E-state index contributed by atoms with van der Waals surface area (Å²) < 4.78 is 0. The summed E-state index contributed by atoms with van der Waals surface area (Å²) in [5, 5.41) is 4.81. The Morgan fingerprint density at radius 3 is 1.89 bits per heavy atom. The third kappa shape index (κ3) is 3.39. The van der Waals surface area contributed by atoms with E-state index in [1.807, 2.05) is 48.5 Å². The quantitative estimate of drug-likeness (QED) is 0.885. The third-order valence-corrected chi connectivity index (χ3v) is 3.20. The highest BCUT2D eigenvalue weighted by Gasteiger charge is 2.09. The standard InChI is InChI=1S/C14H14Cl2N2/c15-11-3-1-10(2-4-11)14(9-17)18-13-7-5-12(16)6-8-13/h1-8,14,18H,9,17H2. The topological polar surface area (TPSA) is 38.0 Å². The van der Waals surface area contributed by atoms with E-state index in [0.29, 0.717) is 6.54 Å². The van der Waals surface area contributed by atoms with Crippen LogP contribution < -0.4 is 11.1 Å². The van der Waals surface area contributed by atoms with Crippen molar-refractivity contribution >= 4 is 28.9 Å². The maximum absolute atomic E-state index is 5.87. The number of nitrogens with two attached hydrogens (primary N) is 1. The molecular weight excluding hydrogens is 267 g/mol. The van der Waals surface area contributed by atoms with Gasteiger partial charge in [-0.15, -0.1) is 0 Å². The van der Waals surface area contributed by atoms with Crippen molar-refractivity contribution < 1.29 is 0 Å². The van der Waals surface area contributed by atoms with Gasteiger partial charge in [-0.05, 0) is 42.0 Å². The van der Waals surface area contributed by atoms with E-state index in [2.05, 4.69) is 5.32 Å². The van der Waals surface area contributed by atoms with Crippen LogP contribution in [0.3, 0.4) is 0 Å². The SMILES string of the molecule is NCC(Nc1ccc(Cl)cc1)c1ccc(Cl)cc1. The van der Waals surface area contributed by atoms with Gasteiger partial charge >= 0.3 is 0 Å². The Hall–Kier alpha value is -1.22. The molecule has 0 aliphatic carbocycles. The van der Waals surface area contributed by atoms with E-state index >= 15 is 0 Å². The van der Waals surface area contributed by atoms with Gasteiger partial charge in [0.1, 0.15) is 0 Å². The molecular formula is C14H14Cl2N2. The predicted molar refractivity (Wildman–Crippen MR) is 78.3 cm³/mol. The number of rotatable bonds is 4. The molecule has 0 bridgehead atoms. The molecule has 4 heteroatoms. The second kappa shape index (κ2) is 6.10. The van der Waals surface area contributed by atoms with Crippen LogP contribution in [0.2, 0.25) is 10.0 Å². The molecule has 2 rings (SSSR count). The number of hydrogen-bond acceptors (Lipinski definition) is 2. The minimum atomic E-state index is 0.0587. The molecule has 1 unspecified atom stereocenters. The second-order valence-electron chi connectivity index (χ2n) is 3.99. The lowest BCUT2D eigenvalue weighted by molar-refractivity contribution is 0.790. The first-order valence-corrected chi connectivity index (χ1v) is 6.42. The Bertz CT molecular complexity index is 494. The first kappa shape index (κ1) is 13.2. The fourth-order valence-electron chi connectivity index (χ4n) is 1.72. The molecule has 0 aliphatic rings. The molecule has 0 saturated heterocycles. The van der Waals surface area contributed by atoms with Crippen molar-refractivity contribution in [2.75, 3.05) is 11.9 Å². The third-order valence-electron chi connectivity index (χ3n) is 2.69. The van der Waals surface area contributed by atoms with Crippen LogP contribution in [0.5, 0.6) is 0 Å². The lowest BCUT2D eigenvalue weighted by Gasteiger charge is -2.18. The summed E-state index contributed by atoms with van der Waals surface area (Å²) in [5.41, 5.74) is 7.90. The van der Waals surface area contributed by atoms with Crippen LogP contribution in [-0.2, 0) is 0 Å². The van der Waals surface area contributed by atoms with E-state index in [-0.39, 0.29) is 6.04 Å². The van der Waals surface area contributed by atoms with Crippen molar-refractivity contribution in [3.05, 3.63) is 64.1 Å². The first-order chi connectivity index (χ1) is 8.69.